The summed E-state index contributed by atoms with van der Waals surface area (Å²) in [5, 5.41) is 8.94. The van der Waals surface area contributed by atoms with Crippen LogP contribution in [0.2, 0.25) is 0 Å². The molecular formula is C26H23BrN4O2. The molecule has 7 heteroatoms. The molecule has 0 unspecified atom stereocenters. The van der Waals surface area contributed by atoms with E-state index in [1.54, 1.807) is 10.9 Å². The van der Waals surface area contributed by atoms with Gasteiger partial charge in [0.1, 0.15) is 11.4 Å². The Morgan fingerprint density at radius 2 is 1.82 bits per heavy atom. The Morgan fingerprint density at radius 1 is 1.09 bits per heavy atom. The van der Waals surface area contributed by atoms with Gasteiger partial charge in [-0.05, 0) is 36.8 Å². The van der Waals surface area contributed by atoms with Gasteiger partial charge in [0.2, 0.25) is 0 Å². The molecular weight excluding hydrogens is 480 g/mol. The SMILES string of the molecule is CC[C@H](Oc1cccc(Br)c1)C(=O)NN=Cc1cn(-c2ccccc2)nc1-c1ccccc1. The van der Waals surface area contributed by atoms with E-state index in [0.29, 0.717) is 12.2 Å². The van der Waals surface area contributed by atoms with Crippen molar-refractivity contribution >= 4 is 28.1 Å². The zero-order valence-electron chi connectivity index (χ0n) is 18.1. The van der Waals surface area contributed by atoms with E-state index in [4.69, 9.17) is 9.84 Å². The summed E-state index contributed by atoms with van der Waals surface area (Å²) in [6.45, 7) is 1.89. The lowest BCUT2D eigenvalue weighted by Crippen LogP contribution is -2.35. The normalized spacial score (nSPS) is 11.9. The van der Waals surface area contributed by atoms with Gasteiger partial charge in [-0.2, -0.15) is 10.2 Å². The second-order valence-electron chi connectivity index (χ2n) is 7.29. The minimum atomic E-state index is -0.655. The molecule has 33 heavy (non-hydrogen) atoms. The topological polar surface area (TPSA) is 68.5 Å². The summed E-state index contributed by atoms with van der Waals surface area (Å²) in [6.07, 6.45) is 3.35. The lowest BCUT2D eigenvalue weighted by Gasteiger charge is -2.15. The number of carbonyl (C=O) groups is 1. The number of carbonyl (C=O) groups excluding carboxylic acids is 1. The van der Waals surface area contributed by atoms with Crippen molar-refractivity contribution in [3.63, 3.8) is 0 Å². The number of ether oxygens (including phenoxy) is 1. The van der Waals surface area contributed by atoms with Gasteiger partial charge in [-0.1, -0.05) is 77.5 Å². The molecule has 166 valence electrons. The van der Waals surface area contributed by atoms with Crippen LogP contribution >= 0.6 is 15.9 Å². The predicted octanol–water partition coefficient (Wildman–Crippen LogP) is 5.61. The van der Waals surface area contributed by atoms with E-state index in [9.17, 15) is 4.79 Å². The lowest BCUT2D eigenvalue weighted by molar-refractivity contribution is -0.128. The molecule has 0 aliphatic heterocycles. The van der Waals surface area contributed by atoms with E-state index in [1.807, 2.05) is 98.0 Å². The van der Waals surface area contributed by atoms with Crippen molar-refractivity contribution in [1.29, 1.82) is 0 Å². The van der Waals surface area contributed by atoms with Crippen molar-refractivity contribution in [1.82, 2.24) is 15.2 Å². The average Bonchev–Trinajstić information content (AvgIpc) is 3.28. The van der Waals surface area contributed by atoms with Crippen LogP contribution in [0.15, 0.2) is 101 Å². The van der Waals surface area contributed by atoms with Crippen LogP contribution in [-0.2, 0) is 4.79 Å². The van der Waals surface area contributed by atoms with Gasteiger partial charge in [0.05, 0.1) is 11.9 Å². The van der Waals surface area contributed by atoms with Crippen LogP contribution in [0.5, 0.6) is 5.75 Å². The van der Waals surface area contributed by atoms with Gasteiger partial charge in [0, 0.05) is 21.8 Å². The summed E-state index contributed by atoms with van der Waals surface area (Å²) in [6, 6.07) is 27.1. The first-order valence-electron chi connectivity index (χ1n) is 10.6. The molecule has 6 nitrogen and oxygen atoms in total. The molecule has 0 saturated heterocycles. The second kappa shape index (κ2) is 10.7. The van der Waals surface area contributed by atoms with Crippen LogP contribution in [0.3, 0.4) is 0 Å². The molecule has 0 aliphatic carbocycles. The fraction of sp³-hybridized carbons (Fsp3) is 0.115. The molecule has 0 spiro atoms. The molecule has 3 aromatic carbocycles. The van der Waals surface area contributed by atoms with Gasteiger partial charge in [-0.15, -0.1) is 0 Å². The molecule has 1 atom stereocenters. The first-order chi connectivity index (χ1) is 16.1. The molecule has 0 bridgehead atoms. The zero-order valence-corrected chi connectivity index (χ0v) is 19.6. The highest BCUT2D eigenvalue weighted by Crippen LogP contribution is 2.23. The first kappa shape index (κ1) is 22.5. The Morgan fingerprint density at radius 3 is 2.52 bits per heavy atom. The van der Waals surface area contributed by atoms with E-state index in [1.165, 1.54) is 0 Å². The van der Waals surface area contributed by atoms with Crippen LogP contribution in [0.4, 0.5) is 0 Å². The number of amides is 1. The minimum Gasteiger partial charge on any atom is -0.481 e. The van der Waals surface area contributed by atoms with Crippen molar-refractivity contribution < 1.29 is 9.53 Å². The number of nitrogens with one attached hydrogen (secondary N) is 1. The zero-order chi connectivity index (χ0) is 23.0. The molecule has 0 saturated carbocycles. The minimum absolute atomic E-state index is 0.314. The Hall–Kier alpha value is -3.71. The van der Waals surface area contributed by atoms with E-state index in [0.717, 1.165) is 27.0 Å². The maximum absolute atomic E-state index is 12.7. The molecule has 1 aromatic heterocycles. The molecule has 1 amide bonds. The number of halogens is 1. The Labute approximate surface area is 201 Å². The van der Waals surface area contributed by atoms with E-state index in [-0.39, 0.29) is 5.91 Å². The van der Waals surface area contributed by atoms with Gasteiger partial charge in [0.15, 0.2) is 6.10 Å². The van der Waals surface area contributed by atoms with Crippen molar-refractivity contribution in [2.45, 2.75) is 19.4 Å². The number of rotatable bonds is 8. The molecule has 1 heterocycles. The first-order valence-corrected chi connectivity index (χ1v) is 11.4. The summed E-state index contributed by atoms with van der Waals surface area (Å²) in [4.78, 5) is 12.7. The largest absolute Gasteiger partial charge is 0.481 e. The fourth-order valence-corrected chi connectivity index (χ4v) is 3.66. The smallest absolute Gasteiger partial charge is 0.281 e. The second-order valence-corrected chi connectivity index (χ2v) is 8.20. The number of hydrogen-bond acceptors (Lipinski definition) is 4. The van der Waals surface area contributed by atoms with E-state index < -0.39 is 6.10 Å². The van der Waals surface area contributed by atoms with E-state index >= 15 is 0 Å². The summed E-state index contributed by atoms with van der Waals surface area (Å²) in [5.41, 5.74) is 6.06. The van der Waals surface area contributed by atoms with Crippen LogP contribution < -0.4 is 10.2 Å². The predicted molar refractivity (Wildman–Crippen MR) is 134 cm³/mol. The van der Waals surface area contributed by atoms with E-state index in [2.05, 4.69) is 26.5 Å². The highest BCUT2D eigenvalue weighted by atomic mass is 79.9. The number of para-hydroxylation sites is 1. The maximum Gasteiger partial charge on any atom is 0.281 e. The number of hydrazone groups is 1. The molecule has 4 aromatic rings. The monoisotopic (exact) mass is 502 g/mol. The van der Waals surface area contributed by atoms with Gasteiger partial charge in [-0.3, -0.25) is 4.79 Å². The van der Waals surface area contributed by atoms with Crippen molar-refractivity contribution in [2.75, 3.05) is 0 Å². The van der Waals surface area contributed by atoms with Crippen molar-refractivity contribution in [3.8, 4) is 22.7 Å². The standard InChI is InChI=1S/C26H23BrN4O2/c1-2-24(33-23-15-9-12-21(27)16-23)26(32)29-28-17-20-18-31(22-13-7-4-8-14-22)30-25(20)19-10-5-3-6-11-19/h3-18,24H,2H2,1H3,(H,29,32)/t24-/m0/s1. The third-order valence-corrected chi connectivity index (χ3v) is 5.42. The van der Waals surface area contributed by atoms with Gasteiger partial charge >= 0.3 is 0 Å². The quantitative estimate of drug-likeness (QED) is 0.251. The maximum atomic E-state index is 12.7. The van der Waals surface area contributed by atoms with Crippen LogP contribution in [0.1, 0.15) is 18.9 Å². The van der Waals surface area contributed by atoms with Crippen molar-refractivity contribution in [3.05, 3.63) is 101 Å². The fourth-order valence-electron chi connectivity index (χ4n) is 3.28. The summed E-state index contributed by atoms with van der Waals surface area (Å²) >= 11 is 3.41. The lowest BCUT2D eigenvalue weighted by atomic mass is 10.1. The highest BCUT2D eigenvalue weighted by molar-refractivity contribution is 9.10. The summed E-state index contributed by atoms with van der Waals surface area (Å²) < 4.78 is 8.52. The summed E-state index contributed by atoms with van der Waals surface area (Å²) in [7, 11) is 0. The Kier molecular flexibility index (Phi) is 7.32. The number of nitrogens with zero attached hydrogens (tertiary/aromatic N) is 3. The highest BCUT2D eigenvalue weighted by Gasteiger charge is 2.18. The third kappa shape index (κ3) is 5.75. The summed E-state index contributed by atoms with van der Waals surface area (Å²) in [5.74, 6) is 0.302. The molecule has 0 fully saturated rings. The average molecular weight is 503 g/mol. The Balaban J connectivity index is 1.53. The van der Waals surface area contributed by atoms with Crippen LogP contribution in [0.25, 0.3) is 16.9 Å². The van der Waals surface area contributed by atoms with Gasteiger partial charge in [-0.25, -0.2) is 10.1 Å². The van der Waals surface area contributed by atoms with Crippen LogP contribution in [0, 0.1) is 0 Å². The third-order valence-electron chi connectivity index (χ3n) is 4.93. The molecule has 1 N–H and O–H groups in total. The molecule has 0 aliphatic rings. The number of hydrogen-bond donors (Lipinski definition) is 1. The molecule has 0 radical (unpaired) electrons. The number of aromatic nitrogens is 2. The molecule has 4 rings (SSSR count). The van der Waals surface area contributed by atoms with Gasteiger partial charge < -0.3 is 4.74 Å². The van der Waals surface area contributed by atoms with Crippen molar-refractivity contribution in [2.24, 2.45) is 5.10 Å². The Bertz CT molecular complexity index is 1240. The van der Waals surface area contributed by atoms with Crippen LogP contribution in [-0.4, -0.2) is 28.0 Å². The van der Waals surface area contributed by atoms with Gasteiger partial charge in [0.25, 0.3) is 5.91 Å². The number of benzene rings is 3.